The van der Waals surface area contributed by atoms with Crippen LogP contribution < -0.4 is 0 Å². The standard InChI is InChI=1S/C12H11FN2O5/c13-11-7(2-1-3-9(11)15(19)20)5-14-6-8(12(17)18)4-10(14)16/h1-3,8H,4-6H2,(H,17,18). The van der Waals surface area contributed by atoms with E-state index < -0.39 is 34.2 Å². The zero-order valence-corrected chi connectivity index (χ0v) is 10.3. The van der Waals surface area contributed by atoms with Crippen molar-refractivity contribution in [3.05, 3.63) is 39.7 Å². The van der Waals surface area contributed by atoms with Gasteiger partial charge in [-0.1, -0.05) is 12.1 Å². The molecule has 0 aromatic heterocycles. The second-order valence-corrected chi connectivity index (χ2v) is 4.52. The van der Waals surface area contributed by atoms with Gasteiger partial charge in [0.05, 0.1) is 10.8 Å². The van der Waals surface area contributed by atoms with Crippen LogP contribution in [0.15, 0.2) is 18.2 Å². The van der Waals surface area contributed by atoms with Gasteiger partial charge >= 0.3 is 11.7 Å². The lowest BCUT2D eigenvalue weighted by Gasteiger charge is -2.16. The van der Waals surface area contributed by atoms with Crippen molar-refractivity contribution in [2.75, 3.05) is 6.54 Å². The Hall–Kier alpha value is -2.51. The molecule has 1 aliphatic heterocycles. The molecule has 1 fully saturated rings. The normalized spacial score (nSPS) is 18.4. The Morgan fingerprint density at radius 1 is 1.55 bits per heavy atom. The minimum absolute atomic E-state index is 0.00131. The highest BCUT2D eigenvalue weighted by Gasteiger charge is 2.34. The Bertz CT molecular complexity index is 589. The third-order valence-corrected chi connectivity index (χ3v) is 3.18. The molecule has 0 spiro atoms. The van der Waals surface area contributed by atoms with Gasteiger partial charge in [0.2, 0.25) is 11.7 Å². The molecule has 1 atom stereocenters. The second kappa shape index (κ2) is 5.24. The average Bonchev–Trinajstić information content (AvgIpc) is 2.73. The van der Waals surface area contributed by atoms with Crippen molar-refractivity contribution >= 4 is 17.6 Å². The fraction of sp³-hybridized carbons (Fsp3) is 0.333. The van der Waals surface area contributed by atoms with E-state index in [-0.39, 0.29) is 25.1 Å². The highest BCUT2D eigenvalue weighted by atomic mass is 19.1. The Balaban J connectivity index is 2.19. The number of carboxylic acid groups (broad SMARTS) is 1. The number of carboxylic acids is 1. The molecule has 0 radical (unpaired) electrons. The first kappa shape index (κ1) is 13.9. The molecule has 1 unspecified atom stereocenters. The van der Waals surface area contributed by atoms with E-state index >= 15 is 0 Å². The van der Waals surface area contributed by atoms with Gasteiger partial charge in [-0.05, 0) is 0 Å². The Morgan fingerprint density at radius 2 is 2.25 bits per heavy atom. The first-order chi connectivity index (χ1) is 9.40. The number of nitrogens with zero attached hydrogens (tertiary/aromatic N) is 2. The number of carbonyl (C=O) groups excluding carboxylic acids is 1. The summed E-state index contributed by atoms with van der Waals surface area (Å²) in [5, 5.41) is 19.5. The maximum absolute atomic E-state index is 13.9. The summed E-state index contributed by atoms with van der Waals surface area (Å²) in [7, 11) is 0. The largest absolute Gasteiger partial charge is 0.481 e. The summed E-state index contributed by atoms with van der Waals surface area (Å²) >= 11 is 0. The van der Waals surface area contributed by atoms with E-state index in [1.807, 2.05) is 0 Å². The van der Waals surface area contributed by atoms with Crippen molar-refractivity contribution < 1.29 is 24.0 Å². The summed E-state index contributed by atoms with van der Waals surface area (Å²) < 4.78 is 13.9. The monoisotopic (exact) mass is 282 g/mol. The van der Waals surface area contributed by atoms with Crippen LogP contribution in [0.3, 0.4) is 0 Å². The van der Waals surface area contributed by atoms with E-state index in [1.165, 1.54) is 17.0 Å². The van der Waals surface area contributed by atoms with E-state index in [2.05, 4.69) is 0 Å². The number of benzene rings is 1. The van der Waals surface area contributed by atoms with Gasteiger partial charge in [0.25, 0.3) is 0 Å². The minimum Gasteiger partial charge on any atom is -0.481 e. The van der Waals surface area contributed by atoms with Gasteiger partial charge in [-0.3, -0.25) is 19.7 Å². The van der Waals surface area contributed by atoms with Gasteiger partial charge in [-0.2, -0.15) is 4.39 Å². The topological polar surface area (TPSA) is 101 Å². The minimum atomic E-state index is -1.08. The van der Waals surface area contributed by atoms with Gasteiger partial charge in [-0.25, -0.2) is 0 Å². The molecular weight excluding hydrogens is 271 g/mol. The number of hydrogen-bond acceptors (Lipinski definition) is 4. The Kier molecular flexibility index (Phi) is 3.64. The molecule has 8 heteroatoms. The predicted octanol–water partition coefficient (Wildman–Crippen LogP) is 1.17. The summed E-state index contributed by atoms with van der Waals surface area (Å²) in [4.78, 5) is 33.4. The number of hydrogen-bond donors (Lipinski definition) is 1. The molecule has 20 heavy (non-hydrogen) atoms. The zero-order chi connectivity index (χ0) is 14.9. The smallest absolute Gasteiger partial charge is 0.308 e. The van der Waals surface area contributed by atoms with E-state index in [9.17, 15) is 24.1 Å². The molecule has 1 saturated heterocycles. The molecule has 2 rings (SSSR count). The number of likely N-dealkylation sites (tertiary alicyclic amines) is 1. The number of carbonyl (C=O) groups is 2. The van der Waals surface area contributed by atoms with E-state index in [4.69, 9.17) is 5.11 Å². The predicted molar refractivity (Wildman–Crippen MR) is 64.2 cm³/mol. The summed E-state index contributed by atoms with van der Waals surface area (Å²) in [5.74, 6) is -3.29. The van der Waals surface area contributed by atoms with E-state index in [0.717, 1.165) is 6.07 Å². The molecule has 1 aromatic carbocycles. The van der Waals surface area contributed by atoms with Crippen LogP contribution in [0.25, 0.3) is 0 Å². The lowest BCUT2D eigenvalue weighted by atomic mass is 10.1. The van der Waals surface area contributed by atoms with Crippen LogP contribution in [0, 0.1) is 21.8 Å². The molecule has 0 aliphatic carbocycles. The first-order valence-electron chi connectivity index (χ1n) is 5.82. The average molecular weight is 282 g/mol. The molecule has 1 aliphatic rings. The van der Waals surface area contributed by atoms with E-state index in [0.29, 0.717) is 0 Å². The fourth-order valence-electron chi connectivity index (χ4n) is 2.13. The van der Waals surface area contributed by atoms with Crippen LogP contribution in [0.4, 0.5) is 10.1 Å². The molecule has 106 valence electrons. The third kappa shape index (κ3) is 2.58. The van der Waals surface area contributed by atoms with Crippen molar-refractivity contribution in [2.24, 2.45) is 5.92 Å². The number of nitro groups is 1. The van der Waals surface area contributed by atoms with Crippen LogP contribution in [0.5, 0.6) is 0 Å². The van der Waals surface area contributed by atoms with Crippen molar-refractivity contribution in [3.8, 4) is 0 Å². The SMILES string of the molecule is O=C(O)C1CC(=O)N(Cc2cccc([N+](=O)[O-])c2F)C1. The molecule has 1 N–H and O–H groups in total. The molecule has 0 bridgehead atoms. The van der Waals surface area contributed by atoms with Crippen molar-refractivity contribution in [1.82, 2.24) is 4.90 Å². The number of nitro benzene ring substituents is 1. The molecule has 1 heterocycles. The van der Waals surface area contributed by atoms with Gasteiger partial charge in [0.15, 0.2) is 0 Å². The van der Waals surface area contributed by atoms with Crippen molar-refractivity contribution in [2.45, 2.75) is 13.0 Å². The van der Waals surface area contributed by atoms with Gasteiger partial charge in [0.1, 0.15) is 0 Å². The molecular formula is C12H11FN2O5. The maximum Gasteiger partial charge on any atom is 0.308 e. The first-order valence-corrected chi connectivity index (χ1v) is 5.82. The van der Waals surface area contributed by atoms with Gasteiger partial charge < -0.3 is 10.0 Å². The quantitative estimate of drug-likeness (QED) is 0.659. The molecule has 1 aromatic rings. The summed E-state index contributed by atoms with van der Waals surface area (Å²) in [6.07, 6.45) is -0.133. The lowest BCUT2D eigenvalue weighted by Crippen LogP contribution is -2.26. The van der Waals surface area contributed by atoms with Crippen LogP contribution in [-0.4, -0.2) is 33.4 Å². The number of aliphatic carboxylic acids is 1. The van der Waals surface area contributed by atoms with Crippen LogP contribution >= 0.6 is 0 Å². The number of rotatable bonds is 4. The van der Waals surface area contributed by atoms with Gasteiger partial charge in [0, 0.05) is 31.1 Å². The number of amides is 1. The maximum atomic E-state index is 13.9. The summed E-state index contributed by atoms with van der Waals surface area (Å²) in [6.45, 7) is -0.188. The summed E-state index contributed by atoms with van der Waals surface area (Å²) in [5.41, 5.74) is -0.664. The molecule has 0 saturated carbocycles. The zero-order valence-electron chi connectivity index (χ0n) is 10.3. The molecule has 1 amide bonds. The lowest BCUT2D eigenvalue weighted by molar-refractivity contribution is -0.387. The van der Waals surface area contributed by atoms with Crippen molar-refractivity contribution in [1.29, 1.82) is 0 Å². The highest BCUT2D eigenvalue weighted by Crippen LogP contribution is 2.25. The second-order valence-electron chi connectivity index (χ2n) is 4.52. The Morgan fingerprint density at radius 3 is 2.80 bits per heavy atom. The summed E-state index contributed by atoms with van der Waals surface area (Å²) in [6, 6.07) is 3.69. The molecule has 7 nitrogen and oxygen atoms in total. The highest BCUT2D eigenvalue weighted by molar-refractivity contribution is 5.86. The van der Waals surface area contributed by atoms with Crippen LogP contribution in [-0.2, 0) is 16.1 Å². The van der Waals surface area contributed by atoms with Gasteiger partial charge in [-0.15, -0.1) is 0 Å². The number of halogens is 1. The Labute approximate surface area is 112 Å². The fourth-order valence-corrected chi connectivity index (χ4v) is 2.13. The third-order valence-electron chi connectivity index (χ3n) is 3.18. The van der Waals surface area contributed by atoms with Crippen molar-refractivity contribution in [3.63, 3.8) is 0 Å². The van der Waals surface area contributed by atoms with Crippen LogP contribution in [0.1, 0.15) is 12.0 Å². The van der Waals surface area contributed by atoms with Crippen LogP contribution in [0.2, 0.25) is 0 Å². The van der Waals surface area contributed by atoms with E-state index in [1.54, 1.807) is 0 Å².